The zero-order valence-electron chi connectivity index (χ0n) is 20.5. The molecule has 38 heavy (non-hydrogen) atoms. The molecule has 0 aromatic heterocycles. The summed E-state index contributed by atoms with van der Waals surface area (Å²) in [7, 11) is 1.44. The molecule has 3 N–H and O–H groups in total. The molecule has 2 atom stereocenters. The monoisotopic (exact) mass is 525 g/mol. The highest BCUT2D eigenvalue weighted by atomic mass is 16.6. The number of methoxy groups -OCH3 is 1. The van der Waals surface area contributed by atoms with Crippen molar-refractivity contribution in [3.8, 4) is 5.75 Å². The van der Waals surface area contributed by atoms with Crippen molar-refractivity contribution >= 4 is 29.5 Å². The molecule has 1 saturated heterocycles. The predicted molar refractivity (Wildman–Crippen MR) is 134 cm³/mol. The van der Waals surface area contributed by atoms with Crippen molar-refractivity contribution in [3.63, 3.8) is 0 Å². The molecule has 3 rings (SSSR count). The summed E-state index contributed by atoms with van der Waals surface area (Å²) in [6.45, 7) is 3.70. The fourth-order valence-electron chi connectivity index (χ4n) is 4.05. The first-order valence-corrected chi connectivity index (χ1v) is 11.5. The molecule has 4 amide bonds. The third kappa shape index (κ3) is 6.43. The molecular formula is C25H27N5O8. The minimum Gasteiger partial charge on any atom is -0.497 e. The lowest BCUT2D eigenvalue weighted by Gasteiger charge is -2.30. The van der Waals surface area contributed by atoms with Crippen LogP contribution in [0.1, 0.15) is 28.4 Å². The summed E-state index contributed by atoms with van der Waals surface area (Å²) in [4.78, 5) is 64.3. The number of nitro benzene ring substituents is 1. The van der Waals surface area contributed by atoms with Gasteiger partial charge in [-0.15, -0.1) is 6.58 Å². The number of hydrogen-bond donors (Lipinski definition) is 3. The second kappa shape index (κ2) is 12.3. The van der Waals surface area contributed by atoms with Gasteiger partial charge in [0.15, 0.2) is 6.17 Å². The summed E-state index contributed by atoms with van der Waals surface area (Å²) >= 11 is 0. The molecular weight excluding hydrogens is 498 g/mol. The van der Waals surface area contributed by atoms with E-state index in [4.69, 9.17) is 4.74 Å². The molecule has 2 unspecified atom stereocenters. The fourth-order valence-corrected chi connectivity index (χ4v) is 4.05. The summed E-state index contributed by atoms with van der Waals surface area (Å²) in [5.74, 6) is -2.22. The van der Waals surface area contributed by atoms with Crippen molar-refractivity contribution in [3.05, 3.63) is 82.4 Å². The number of hydrogen-bond acceptors (Lipinski definition) is 7. The van der Waals surface area contributed by atoms with Gasteiger partial charge in [-0.1, -0.05) is 24.3 Å². The molecule has 2 aromatic rings. The van der Waals surface area contributed by atoms with E-state index in [9.17, 15) is 34.4 Å². The van der Waals surface area contributed by atoms with Gasteiger partial charge in [0, 0.05) is 37.3 Å². The number of carbonyl (C=O) groups excluding carboxylic acids is 3. The predicted octanol–water partition coefficient (Wildman–Crippen LogP) is 1.92. The molecule has 0 radical (unpaired) electrons. The van der Waals surface area contributed by atoms with E-state index in [1.807, 2.05) is 0 Å². The number of amides is 4. The van der Waals surface area contributed by atoms with E-state index in [1.165, 1.54) is 48.4 Å². The number of ether oxygens (including phenoxy) is 1. The van der Waals surface area contributed by atoms with E-state index in [2.05, 4.69) is 17.2 Å². The van der Waals surface area contributed by atoms with Gasteiger partial charge in [0.2, 0.25) is 0 Å². The minimum absolute atomic E-state index is 0.0239. The van der Waals surface area contributed by atoms with Gasteiger partial charge in [-0.3, -0.25) is 29.4 Å². The molecule has 0 spiro atoms. The third-order valence-electron chi connectivity index (χ3n) is 5.82. The minimum atomic E-state index is -1.42. The van der Waals surface area contributed by atoms with Gasteiger partial charge in [-0.25, -0.2) is 4.79 Å². The average molecular weight is 526 g/mol. The van der Waals surface area contributed by atoms with E-state index in [0.29, 0.717) is 5.75 Å². The molecule has 1 heterocycles. The first kappa shape index (κ1) is 27.6. The highest BCUT2D eigenvalue weighted by molar-refractivity contribution is 5.99. The molecule has 2 aromatic carbocycles. The van der Waals surface area contributed by atoms with Crippen molar-refractivity contribution in [1.29, 1.82) is 0 Å². The Kier molecular flexibility index (Phi) is 8.98. The number of urea groups is 1. The number of non-ortho nitro benzene ring substituents is 1. The van der Waals surface area contributed by atoms with E-state index in [0.717, 1.165) is 11.0 Å². The van der Waals surface area contributed by atoms with Crippen molar-refractivity contribution in [2.45, 2.75) is 18.6 Å². The molecule has 1 aliphatic rings. The number of nitrogens with one attached hydrogen (secondary N) is 2. The number of aliphatic carboxylic acids is 1. The Labute approximate surface area is 217 Å². The van der Waals surface area contributed by atoms with Crippen molar-refractivity contribution < 1.29 is 33.9 Å². The summed E-state index contributed by atoms with van der Waals surface area (Å²) < 4.78 is 5.17. The second-order valence-electron chi connectivity index (χ2n) is 8.28. The summed E-state index contributed by atoms with van der Waals surface area (Å²) in [5, 5.41) is 25.8. The largest absolute Gasteiger partial charge is 0.497 e. The Hall–Kier alpha value is -4.94. The second-order valence-corrected chi connectivity index (χ2v) is 8.28. The van der Waals surface area contributed by atoms with Crippen LogP contribution in [0.4, 0.5) is 10.5 Å². The molecule has 1 fully saturated rings. The first-order chi connectivity index (χ1) is 18.2. The van der Waals surface area contributed by atoms with Crippen LogP contribution in [0.25, 0.3) is 0 Å². The Morgan fingerprint density at radius 2 is 1.89 bits per heavy atom. The van der Waals surface area contributed by atoms with Gasteiger partial charge in [0.1, 0.15) is 5.75 Å². The highest BCUT2D eigenvalue weighted by Crippen LogP contribution is 2.25. The molecule has 13 heteroatoms. The first-order valence-electron chi connectivity index (χ1n) is 11.5. The van der Waals surface area contributed by atoms with Crippen LogP contribution in [-0.4, -0.2) is 76.6 Å². The van der Waals surface area contributed by atoms with Gasteiger partial charge in [-0.2, -0.15) is 0 Å². The molecule has 0 bridgehead atoms. The van der Waals surface area contributed by atoms with Crippen LogP contribution in [0.5, 0.6) is 5.75 Å². The number of nitro groups is 1. The molecule has 200 valence electrons. The molecule has 1 aliphatic heterocycles. The number of carbonyl (C=O) groups is 4. The number of benzene rings is 2. The van der Waals surface area contributed by atoms with Gasteiger partial charge >= 0.3 is 12.0 Å². The van der Waals surface area contributed by atoms with E-state index in [1.54, 1.807) is 12.1 Å². The van der Waals surface area contributed by atoms with Crippen molar-refractivity contribution in [2.75, 3.05) is 26.7 Å². The zero-order valence-corrected chi connectivity index (χ0v) is 20.5. The summed E-state index contributed by atoms with van der Waals surface area (Å²) in [6, 6.07) is 9.71. The Bertz CT molecular complexity index is 1250. The van der Waals surface area contributed by atoms with E-state index in [-0.39, 0.29) is 36.4 Å². The van der Waals surface area contributed by atoms with E-state index < -0.39 is 47.4 Å². The maximum absolute atomic E-state index is 13.6. The Balaban J connectivity index is 1.95. The van der Waals surface area contributed by atoms with Gasteiger partial charge < -0.3 is 25.4 Å². The van der Waals surface area contributed by atoms with Crippen molar-refractivity contribution in [2.24, 2.45) is 0 Å². The van der Waals surface area contributed by atoms with Gasteiger partial charge in [0.25, 0.3) is 17.5 Å². The number of nitrogens with zero attached hydrogens (tertiary/aromatic N) is 3. The Morgan fingerprint density at radius 1 is 1.18 bits per heavy atom. The van der Waals surface area contributed by atoms with E-state index >= 15 is 0 Å². The zero-order chi connectivity index (χ0) is 27.8. The topological polar surface area (TPSA) is 171 Å². The maximum Gasteiger partial charge on any atom is 0.319 e. The summed E-state index contributed by atoms with van der Waals surface area (Å²) in [5.41, 5.74) is 0.116. The third-order valence-corrected chi connectivity index (χ3v) is 5.82. The van der Waals surface area contributed by atoms with Crippen LogP contribution < -0.4 is 15.4 Å². The lowest BCUT2D eigenvalue weighted by atomic mass is 10.0. The molecule has 0 saturated carbocycles. The molecule has 0 aliphatic carbocycles. The highest BCUT2D eigenvalue weighted by Gasteiger charge is 2.43. The van der Waals surface area contributed by atoms with Crippen LogP contribution in [0.15, 0.2) is 61.2 Å². The fraction of sp³-hybridized carbons (Fsp3) is 0.280. The van der Waals surface area contributed by atoms with Gasteiger partial charge in [0.05, 0.1) is 24.5 Å². The SMILES string of the molecule is C=CCNC(=O)N1CCN(C(=O)c2cccc(OC)c2)C1C(=O)NC(CC(=O)O)c1cccc([N+](=O)[O-])c1. The standard InChI is InChI=1S/C25H27N5O8/c1-3-10-26-25(35)29-12-11-28(24(34)17-7-5-9-19(14-17)38-2)23(29)22(33)27-20(15-21(31)32)16-6-4-8-18(13-16)30(36)37/h3-9,13-14,20,23H,1,10-12,15H2,2H3,(H,26,35)(H,27,33)(H,31,32). The van der Waals surface area contributed by atoms with Crippen LogP contribution in [0.3, 0.4) is 0 Å². The van der Waals surface area contributed by atoms with Crippen LogP contribution in [0, 0.1) is 10.1 Å². The summed E-state index contributed by atoms with van der Waals surface area (Å²) in [6.07, 6.45) is -0.562. The average Bonchev–Trinajstić information content (AvgIpc) is 3.36. The van der Waals surface area contributed by atoms with Crippen LogP contribution in [-0.2, 0) is 9.59 Å². The number of carboxylic acids is 1. The van der Waals surface area contributed by atoms with Crippen molar-refractivity contribution in [1.82, 2.24) is 20.4 Å². The quantitative estimate of drug-likeness (QED) is 0.240. The lowest BCUT2D eigenvalue weighted by molar-refractivity contribution is -0.384. The lowest BCUT2D eigenvalue weighted by Crippen LogP contribution is -2.56. The van der Waals surface area contributed by atoms with Crippen LogP contribution in [0.2, 0.25) is 0 Å². The number of carboxylic acid groups (broad SMARTS) is 1. The normalized spacial score (nSPS) is 15.3. The Morgan fingerprint density at radius 3 is 2.55 bits per heavy atom. The van der Waals surface area contributed by atoms with Crippen LogP contribution >= 0.6 is 0 Å². The maximum atomic E-state index is 13.6. The van der Waals surface area contributed by atoms with Gasteiger partial charge in [-0.05, 0) is 23.8 Å². The smallest absolute Gasteiger partial charge is 0.319 e. The number of rotatable bonds is 10. The molecule has 13 nitrogen and oxygen atoms in total.